The van der Waals surface area contributed by atoms with E-state index in [2.05, 4.69) is 394 Å². The molecule has 0 fully saturated rings. The summed E-state index contributed by atoms with van der Waals surface area (Å²) >= 11 is 0. The average Bonchev–Trinajstić information content (AvgIpc) is 1.61. The highest BCUT2D eigenvalue weighted by atomic mass is 16.3. The second-order valence-corrected chi connectivity index (χ2v) is 29.6. The van der Waals surface area contributed by atoms with Gasteiger partial charge in [0.1, 0.15) is 28.1 Å². The zero-order valence-electron chi connectivity index (χ0n) is 61.6. The quantitative estimate of drug-likeness (QED) is 0.137. The molecule has 8 heteroatoms. The second-order valence-electron chi connectivity index (χ2n) is 29.6. The number of furan rings is 2. The molecule has 0 aliphatic carbocycles. The maximum absolute atomic E-state index is 6.32. The summed E-state index contributed by atoms with van der Waals surface area (Å²) in [5.41, 5.74) is 29.1. The summed E-state index contributed by atoms with van der Waals surface area (Å²) in [7, 11) is 0. The van der Waals surface area contributed by atoms with Gasteiger partial charge in [-0.05, 0) is 167 Å². The molecule has 24 rings (SSSR count). The van der Waals surface area contributed by atoms with Crippen LogP contribution in [0.15, 0.2) is 409 Å². The SMILES string of the molecule is c1ccc(-c2cc(-c3ccccc3)nc(-n3c4ccccc4c4cc(-c5ccc6c(c5)c5ccccc5n6-c5ccc6c(c5)oc5ccccc56)ccc43)c2)cc1.c1ccc(-c2cc(-n3c4ccccc4c4cc(-c5ccc6c(c5)c5ccccc5n6-c5ccc6c(c5)oc5ccccc56)ccc43)cc(-c3ccccc3)n2)cc1. The molecule has 8 heterocycles. The molecule has 0 saturated carbocycles. The molecule has 0 N–H and O–H groups in total. The van der Waals surface area contributed by atoms with Gasteiger partial charge in [-0.2, -0.15) is 0 Å². The molecule has 24 aromatic rings. The fourth-order valence-electron chi connectivity index (χ4n) is 17.7. The lowest BCUT2D eigenvalue weighted by Gasteiger charge is -2.13. The number of benzene rings is 16. The Morgan fingerprint density at radius 3 is 0.851 bits per heavy atom. The third kappa shape index (κ3) is 10.6. The van der Waals surface area contributed by atoms with Gasteiger partial charge in [-0.25, -0.2) is 9.97 Å². The minimum Gasteiger partial charge on any atom is -0.456 e. The lowest BCUT2D eigenvalue weighted by Crippen LogP contribution is -2.00. The van der Waals surface area contributed by atoms with Crippen molar-refractivity contribution in [3.63, 3.8) is 0 Å². The summed E-state index contributed by atoms with van der Waals surface area (Å²) in [5.74, 6) is 0.893. The van der Waals surface area contributed by atoms with E-state index in [1.54, 1.807) is 0 Å². The number of hydrogen-bond acceptors (Lipinski definition) is 4. The van der Waals surface area contributed by atoms with Crippen LogP contribution in [0.25, 0.3) is 221 Å². The Labute approximate surface area is 654 Å². The maximum Gasteiger partial charge on any atom is 0.138 e. The minimum absolute atomic E-state index is 0.891. The van der Waals surface area contributed by atoms with Crippen molar-refractivity contribution in [1.29, 1.82) is 0 Å². The summed E-state index contributed by atoms with van der Waals surface area (Å²) < 4.78 is 22.1. The molecule has 8 nitrogen and oxygen atoms in total. The van der Waals surface area contributed by atoms with Crippen molar-refractivity contribution in [1.82, 2.24) is 28.2 Å². The molecule has 0 saturated heterocycles. The highest BCUT2D eigenvalue weighted by Crippen LogP contribution is 2.44. The third-order valence-corrected chi connectivity index (χ3v) is 23.0. The van der Waals surface area contributed by atoms with Crippen LogP contribution in [-0.4, -0.2) is 28.2 Å². The van der Waals surface area contributed by atoms with E-state index in [4.69, 9.17) is 18.8 Å². The molecule has 0 spiro atoms. The van der Waals surface area contributed by atoms with Gasteiger partial charge in [0.25, 0.3) is 0 Å². The van der Waals surface area contributed by atoms with E-state index < -0.39 is 0 Å². The molecule has 0 amide bonds. The van der Waals surface area contributed by atoms with Crippen molar-refractivity contribution in [2.24, 2.45) is 0 Å². The number of pyridine rings is 2. The standard InChI is InChI=1S/2C53H33N3O/c1-3-13-34(14-4-1)38-31-46(35-15-5-2-6-16-35)54-53(32-38)56-48-21-11-8-18-41(48)45-30-37(24-28-50(45)56)36-23-27-49-44(29-36)40-17-7-10-20-47(40)55(49)39-25-26-43-42-19-9-12-22-51(42)57-52(43)33-39;1-3-13-34(14-4-1)46-31-39(32-47(54-46)35-15-5-2-6-16-35)56-49-21-11-8-18-41(49)45-30-37(24-28-51(45)56)36-23-27-50-44(29-36)40-17-7-10-20-48(40)55(50)38-25-26-43-42-19-9-12-22-52(42)57-53(43)33-38/h2*1-33H. The fourth-order valence-corrected chi connectivity index (χ4v) is 17.7. The number of aromatic nitrogens is 6. The van der Waals surface area contributed by atoms with Crippen LogP contribution < -0.4 is 0 Å². The van der Waals surface area contributed by atoms with Gasteiger partial charge in [0.2, 0.25) is 0 Å². The molecule has 0 atom stereocenters. The first-order chi connectivity index (χ1) is 56.5. The van der Waals surface area contributed by atoms with E-state index >= 15 is 0 Å². The van der Waals surface area contributed by atoms with Crippen molar-refractivity contribution in [3.05, 3.63) is 400 Å². The van der Waals surface area contributed by atoms with Crippen molar-refractivity contribution in [3.8, 4) is 90.0 Å². The van der Waals surface area contributed by atoms with Gasteiger partial charge in [-0.15, -0.1) is 0 Å². The minimum atomic E-state index is 0.891. The monoisotopic (exact) mass is 1450 g/mol. The Morgan fingerprint density at radius 2 is 0.456 bits per heavy atom. The summed E-state index contributed by atoms with van der Waals surface area (Å²) in [6.07, 6.45) is 0. The summed E-state index contributed by atoms with van der Waals surface area (Å²) in [5, 5.41) is 14.2. The van der Waals surface area contributed by atoms with Crippen LogP contribution in [0.3, 0.4) is 0 Å². The Hall–Kier alpha value is -15.4. The maximum atomic E-state index is 6.32. The first-order valence-electron chi connectivity index (χ1n) is 38.7. The van der Waals surface area contributed by atoms with Gasteiger partial charge in [-0.3, -0.25) is 4.57 Å². The van der Waals surface area contributed by atoms with Crippen LogP contribution in [0.5, 0.6) is 0 Å². The zero-order valence-corrected chi connectivity index (χ0v) is 61.6. The predicted molar refractivity (Wildman–Crippen MR) is 473 cm³/mol. The Bertz CT molecular complexity index is 7390. The van der Waals surface area contributed by atoms with Crippen molar-refractivity contribution in [2.75, 3.05) is 0 Å². The van der Waals surface area contributed by atoms with Crippen LogP contribution >= 0.6 is 0 Å². The molecule has 0 unspecified atom stereocenters. The molecular weight excluding hydrogens is 1390 g/mol. The lowest BCUT2D eigenvalue weighted by atomic mass is 10.0. The Kier molecular flexibility index (Phi) is 14.8. The molecule has 8 aromatic heterocycles. The normalized spacial score (nSPS) is 11.9. The van der Waals surface area contributed by atoms with E-state index in [-0.39, 0.29) is 0 Å². The van der Waals surface area contributed by atoms with Gasteiger partial charge < -0.3 is 22.5 Å². The molecule has 0 bridgehead atoms. The van der Waals surface area contributed by atoms with Crippen LogP contribution in [0.1, 0.15) is 0 Å². The lowest BCUT2D eigenvalue weighted by molar-refractivity contribution is 0.668. The first-order valence-corrected chi connectivity index (χ1v) is 38.7. The van der Waals surface area contributed by atoms with Crippen LogP contribution in [0, 0.1) is 0 Å². The smallest absolute Gasteiger partial charge is 0.138 e. The Balaban J connectivity index is 0.000000135. The van der Waals surface area contributed by atoms with Crippen LogP contribution in [0.4, 0.5) is 0 Å². The largest absolute Gasteiger partial charge is 0.456 e. The fraction of sp³-hybridized carbons (Fsp3) is 0. The van der Waals surface area contributed by atoms with Gasteiger partial charge >= 0.3 is 0 Å². The third-order valence-electron chi connectivity index (χ3n) is 23.0. The highest BCUT2D eigenvalue weighted by Gasteiger charge is 2.23. The molecule has 0 aliphatic heterocycles. The first kappa shape index (κ1) is 64.6. The van der Waals surface area contributed by atoms with E-state index in [9.17, 15) is 0 Å². The highest BCUT2D eigenvalue weighted by molar-refractivity contribution is 6.16. The average molecular weight is 1460 g/mol. The van der Waals surface area contributed by atoms with Crippen molar-refractivity contribution >= 4 is 131 Å². The second kappa shape index (κ2) is 26.2. The number of rotatable bonds is 10. The zero-order chi connectivity index (χ0) is 74.9. The predicted octanol–water partition coefficient (Wildman–Crippen LogP) is 28.4. The molecule has 114 heavy (non-hydrogen) atoms. The number of fused-ring (bicyclic) bond motifs is 18. The number of nitrogens with zero attached hydrogens (tertiary/aromatic N) is 6. The molecular formula is C106H66N6O2. The van der Waals surface area contributed by atoms with Crippen molar-refractivity contribution in [2.45, 2.75) is 0 Å². The summed E-state index contributed by atoms with van der Waals surface area (Å²) in [4.78, 5) is 10.5. The number of para-hydroxylation sites is 6. The number of hydrogen-bond donors (Lipinski definition) is 0. The summed E-state index contributed by atoms with van der Waals surface area (Å²) in [6, 6.07) is 143. The van der Waals surface area contributed by atoms with E-state index in [0.717, 1.165) is 145 Å². The van der Waals surface area contributed by atoms with Gasteiger partial charge in [0.15, 0.2) is 0 Å². The van der Waals surface area contributed by atoms with Gasteiger partial charge in [0, 0.05) is 105 Å². The van der Waals surface area contributed by atoms with Crippen LogP contribution in [-0.2, 0) is 0 Å². The summed E-state index contributed by atoms with van der Waals surface area (Å²) in [6.45, 7) is 0. The Morgan fingerprint density at radius 1 is 0.158 bits per heavy atom. The van der Waals surface area contributed by atoms with Gasteiger partial charge in [-0.1, -0.05) is 255 Å². The molecule has 0 aliphatic rings. The molecule has 16 aromatic carbocycles. The van der Waals surface area contributed by atoms with Crippen LogP contribution in [0.2, 0.25) is 0 Å². The van der Waals surface area contributed by atoms with E-state index in [0.29, 0.717) is 0 Å². The van der Waals surface area contributed by atoms with Gasteiger partial charge in [0.05, 0.1) is 66.9 Å². The van der Waals surface area contributed by atoms with Crippen molar-refractivity contribution < 1.29 is 8.83 Å². The molecule has 532 valence electrons. The molecule has 0 radical (unpaired) electrons. The van der Waals surface area contributed by atoms with E-state index in [1.165, 1.54) is 76.4 Å². The van der Waals surface area contributed by atoms with E-state index in [1.807, 2.05) is 24.3 Å². The topological polar surface area (TPSA) is 71.8 Å².